The van der Waals surface area contributed by atoms with Crippen LogP contribution in [0.15, 0.2) is 6.20 Å². The highest BCUT2D eigenvalue weighted by Gasteiger charge is 2.26. The third kappa shape index (κ3) is 1.74. The molecule has 0 aromatic carbocycles. The topological polar surface area (TPSA) is 107 Å². The highest BCUT2D eigenvalue weighted by Crippen LogP contribution is 2.32. The molecule has 0 unspecified atom stereocenters. The summed E-state index contributed by atoms with van der Waals surface area (Å²) in [7, 11) is 1.72. The molecule has 3 N–H and O–H groups in total. The minimum atomic E-state index is -1.01. The number of rotatable bonds is 1. The summed E-state index contributed by atoms with van der Waals surface area (Å²) in [5.41, 5.74) is 8.88. The fourth-order valence-electron chi connectivity index (χ4n) is 2.54. The zero-order chi connectivity index (χ0) is 13.6. The SMILES string of the molecule is Cn1nc(C(=O)O)c2c1-c1nc(N)ncc1CCC2. The Morgan fingerprint density at radius 1 is 1.47 bits per heavy atom. The second-order valence-electron chi connectivity index (χ2n) is 4.56. The van der Waals surface area contributed by atoms with E-state index in [0.29, 0.717) is 12.1 Å². The Hall–Kier alpha value is -2.44. The number of carboxylic acid groups (broad SMARTS) is 1. The number of aromatic carboxylic acids is 1. The van der Waals surface area contributed by atoms with E-state index in [2.05, 4.69) is 15.1 Å². The Balaban J connectivity index is 2.31. The van der Waals surface area contributed by atoms with E-state index in [1.165, 1.54) is 0 Å². The van der Waals surface area contributed by atoms with Gasteiger partial charge in [0, 0.05) is 18.8 Å². The lowest BCUT2D eigenvalue weighted by Crippen LogP contribution is -2.03. The van der Waals surface area contributed by atoms with Gasteiger partial charge in [0.2, 0.25) is 5.95 Å². The number of nitrogen functional groups attached to an aromatic ring is 1. The molecule has 2 heterocycles. The largest absolute Gasteiger partial charge is 0.476 e. The van der Waals surface area contributed by atoms with Gasteiger partial charge in [-0.3, -0.25) is 4.68 Å². The third-order valence-electron chi connectivity index (χ3n) is 3.33. The van der Waals surface area contributed by atoms with Crippen molar-refractivity contribution in [3.05, 3.63) is 23.0 Å². The second kappa shape index (κ2) is 4.04. The first kappa shape index (κ1) is 11.6. The minimum absolute atomic E-state index is 0.0996. The van der Waals surface area contributed by atoms with Crippen molar-refractivity contribution in [2.45, 2.75) is 19.3 Å². The second-order valence-corrected chi connectivity index (χ2v) is 4.56. The van der Waals surface area contributed by atoms with Gasteiger partial charge in [0.25, 0.3) is 0 Å². The number of fused-ring (bicyclic) bond motifs is 3. The molecule has 98 valence electrons. The Morgan fingerprint density at radius 3 is 3.00 bits per heavy atom. The molecule has 0 saturated heterocycles. The van der Waals surface area contributed by atoms with Crippen LogP contribution in [0.3, 0.4) is 0 Å². The van der Waals surface area contributed by atoms with E-state index in [1.807, 2.05) is 0 Å². The van der Waals surface area contributed by atoms with Gasteiger partial charge in [-0.1, -0.05) is 0 Å². The highest BCUT2D eigenvalue weighted by molar-refractivity contribution is 5.89. The van der Waals surface area contributed by atoms with Gasteiger partial charge in [0.1, 0.15) is 0 Å². The fraction of sp³-hybridized carbons (Fsp3) is 0.333. The molecule has 0 amide bonds. The van der Waals surface area contributed by atoms with Crippen molar-refractivity contribution in [2.24, 2.45) is 7.05 Å². The number of carbonyl (C=O) groups is 1. The normalized spacial score (nSPS) is 13.5. The zero-order valence-corrected chi connectivity index (χ0v) is 10.4. The van der Waals surface area contributed by atoms with E-state index >= 15 is 0 Å². The van der Waals surface area contributed by atoms with Crippen molar-refractivity contribution >= 4 is 11.9 Å². The fourth-order valence-corrected chi connectivity index (χ4v) is 2.54. The summed E-state index contributed by atoms with van der Waals surface area (Å²) in [6.07, 6.45) is 4.03. The summed E-state index contributed by atoms with van der Waals surface area (Å²) in [5.74, 6) is -0.827. The van der Waals surface area contributed by atoms with E-state index in [9.17, 15) is 9.90 Å². The van der Waals surface area contributed by atoms with E-state index in [1.54, 1.807) is 17.9 Å². The van der Waals surface area contributed by atoms with Crippen molar-refractivity contribution in [1.82, 2.24) is 19.7 Å². The number of hydrogen-bond acceptors (Lipinski definition) is 5. The first-order chi connectivity index (χ1) is 9.08. The summed E-state index contributed by atoms with van der Waals surface area (Å²) < 4.78 is 1.56. The summed E-state index contributed by atoms with van der Waals surface area (Å²) >= 11 is 0. The van der Waals surface area contributed by atoms with Crippen molar-refractivity contribution in [3.63, 3.8) is 0 Å². The molecule has 19 heavy (non-hydrogen) atoms. The molecular formula is C12H13N5O2. The Bertz CT molecular complexity index is 677. The number of aryl methyl sites for hydroxylation is 2. The average Bonchev–Trinajstić information content (AvgIpc) is 2.57. The monoisotopic (exact) mass is 259 g/mol. The molecule has 1 aliphatic carbocycles. The molecule has 3 rings (SSSR count). The third-order valence-corrected chi connectivity index (χ3v) is 3.33. The van der Waals surface area contributed by atoms with Crippen LogP contribution in [-0.4, -0.2) is 30.8 Å². The van der Waals surface area contributed by atoms with E-state index in [-0.39, 0.29) is 11.6 Å². The molecule has 7 heteroatoms. The van der Waals surface area contributed by atoms with E-state index in [4.69, 9.17) is 5.73 Å². The zero-order valence-electron chi connectivity index (χ0n) is 10.4. The molecule has 0 atom stereocenters. The maximum absolute atomic E-state index is 11.2. The molecule has 7 nitrogen and oxygen atoms in total. The Morgan fingerprint density at radius 2 is 2.26 bits per heavy atom. The average molecular weight is 259 g/mol. The lowest BCUT2D eigenvalue weighted by Gasteiger charge is -2.06. The van der Waals surface area contributed by atoms with Crippen LogP contribution < -0.4 is 5.73 Å². The van der Waals surface area contributed by atoms with Crippen molar-refractivity contribution < 1.29 is 9.90 Å². The van der Waals surface area contributed by atoms with Crippen molar-refractivity contribution in [1.29, 1.82) is 0 Å². The highest BCUT2D eigenvalue weighted by atomic mass is 16.4. The van der Waals surface area contributed by atoms with E-state index in [0.717, 1.165) is 29.7 Å². The molecule has 0 aliphatic heterocycles. The molecule has 2 aromatic rings. The van der Waals surface area contributed by atoms with Gasteiger partial charge in [0.05, 0.1) is 11.4 Å². The Labute approximate surface area is 109 Å². The molecule has 0 fully saturated rings. The lowest BCUT2D eigenvalue weighted by molar-refractivity contribution is 0.0688. The molecule has 0 spiro atoms. The number of nitrogens with zero attached hydrogens (tertiary/aromatic N) is 4. The number of hydrogen-bond donors (Lipinski definition) is 2. The van der Waals surface area contributed by atoms with Gasteiger partial charge in [0.15, 0.2) is 5.69 Å². The number of nitrogens with two attached hydrogens (primary N) is 1. The predicted molar refractivity (Wildman–Crippen MR) is 67.6 cm³/mol. The van der Waals surface area contributed by atoms with Crippen LogP contribution in [0, 0.1) is 0 Å². The van der Waals surface area contributed by atoms with Crippen LogP contribution in [-0.2, 0) is 19.9 Å². The molecular weight excluding hydrogens is 246 g/mol. The van der Waals surface area contributed by atoms with Crippen molar-refractivity contribution in [3.8, 4) is 11.4 Å². The molecule has 0 radical (unpaired) electrons. The number of aromatic nitrogens is 4. The summed E-state index contributed by atoms with van der Waals surface area (Å²) in [4.78, 5) is 19.5. The molecule has 0 bridgehead atoms. The summed E-state index contributed by atoms with van der Waals surface area (Å²) in [5, 5.41) is 13.3. The quantitative estimate of drug-likeness (QED) is 0.778. The molecule has 2 aromatic heterocycles. The Kier molecular flexibility index (Phi) is 2.48. The van der Waals surface area contributed by atoms with Crippen LogP contribution in [0.1, 0.15) is 28.0 Å². The molecule has 0 saturated carbocycles. The molecule has 1 aliphatic rings. The first-order valence-electron chi connectivity index (χ1n) is 5.99. The van der Waals surface area contributed by atoms with Gasteiger partial charge in [-0.05, 0) is 24.8 Å². The van der Waals surface area contributed by atoms with Crippen LogP contribution in [0.2, 0.25) is 0 Å². The minimum Gasteiger partial charge on any atom is -0.476 e. The first-order valence-corrected chi connectivity index (χ1v) is 5.99. The van der Waals surface area contributed by atoms with Gasteiger partial charge in [-0.15, -0.1) is 0 Å². The lowest BCUT2D eigenvalue weighted by atomic mass is 10.1. The van der Waals surface area contributed by atoms with Gasteiger partial charge in [-0.2, -0.15) is 5.10 Å². The van der Waals surface area contributed by atoms with Crippen molar-refractivity contribution in [2.75, 3.05) is 5.73 Å². The van der Waals surface area contributed by atoms with Gasteiger partial charge < -0.3 is 10.8 Å². The summed E-state index contributed by atoms with van der Waals surface area (Å²) in [6, 6.07) is 0. The standard InChI is InChI=1S/C12H13N5O2/c1-17-10-7(9(16-17)11(18)19)4-2-3-6-5-14-12(13)15-8(6)10/h5H,2-4H2,1H3,(H,18,19)(H2,13,14,15). The van der Waals surface area contributed by atoms with Crippen LogP contribution in [0.25, 0.3) is 11.4 Å². The smallest absolute Gasteiger partial charge is 0.356 e. The van der Waals surface area contributed by atoms with Gasteiger partial charge >= 0.3 is 5.97 Å². The van der Waals surface area contributed by atoms with Crippen LogP contribution in [0.4, 0.5) is 5.95 Å². The van der Waals surface area contributed by atoms with Gasteiger partial charge in [-0.25, -0.2) is 14.8 Å². The number of anilines is 1. The predicted octanol–water partition coefficient (Wildman–Crippen LogP) is 0.646. The maximum atomic E-state index is 11.2. The maximum Gasteiger partial charge on any atom is 0.356 e. The van der Waals surface area contributed by atoms with Crippen LogP contribution >= 0.6 is 0 Å². The number of carboxylic acids is 1. The summed E-state index contributed by atoms with van der Waals surface area (Å²) in [6.45, 7) is 0. The van der Waals surface area contributed by atoms with Crippen LogP contribution in [0.5, 0.6) is 0 Å². The van der Waals surface area contributed by atoms with E-state index < -0.39 is 5.97 Å².